The molecule has 0 spiro atoms. The van der Waals surface area contributed by atoms with E-state index in [0.29, 0.717) is 24.8 Å². The zero-order chi connectivity index (χ0) is 20.9. The maximum atomic E-state index is 12.1. The minimum atomic E-state index is -3.52. The Labute approximate surface area is 165 Å². The molecule has 1 aromatic carbocycles. The van der Waals surface area contributed by atoms with Gasteiger partial charge in [0.15, 0.2) is 21.4 Å². The molecule has 10 heteroatoms. The van der Waals surface area contributed by atoms with Gasteiger partial charge in [0.05, 0.1) is 19.9 Å². The Hall–Kier alpha value is -2.59. The molecule has 9 nitrogen and oxygen atoms in total. The highest BCUT2D eigenvalue weighted by Gasteiger charge is 2.21. The summed E-state index contributed by atoms with van der Waals surface area (Å²) in [4.78, 5) is 8.35. The lowest BCUT2D eigenvalue weighted by Crippen LogP contribution is -2.11. The van der Waals surface area contributed by atoms with Gasteiger partial charge in [0.2, 0.25) is 5.95 Å². The number of nitrogen functional groups attached to an aromatic ring is 1. The number of ether oxygens (including phenoxy) is 3. The molecule has 0 atom stereocenters. The van der Waals surface area contributed by atoms with E-state index < -0.39 is 9.84 Å². The molecular formula is C18H26N4O5S. The quantitative estimate of drug-likeness (QED) is 0.599. The van der Waals surface area contributed by atoms with E-state index in [2.05, 4.69) is 15.3 Å². The zero-order valence-corrected chi connectivity index (χ0v) is 17.5. The Bertz CT molecular complexity index is 932. The molecule has 0 aliphatic heterocycles. The third-order valence-corrected chi connectivity index (χ3v) is 5.03. The first-order chi connectivity index (χ1) is 13.2. The van der Waals surface area contributed by atoms with Gasteiger partial charge in [-0.1, -0.05) is 13.8 Å². The standard InChI is InChI=1S/C18H26N4O5S/c1-11(2)12-8-14(26-4)16(28(5,23)24)9-13(12)27-15-10-21-18(22-17(15)19)20-6-7-25-3/h8-11H,6-7H2,1-5H3,(H3,19,20,21,22). The fourth-order valence-electron chi connectivity index (χ4n) is 2.48. The maximum absolute atomic E-state index is 12.1. The van der Waals surface area contributed by atoms with E-state index in [-0.39, 0.29) is 28.1 Å². The van der Waals surface area contributed by atoms with Gasteiger partial charge in [-0.2, -0.15) is 4.98 Å². The van der Waals surface area contributed by atoms with Gasteiger partial charge >= 0.3 is 0 Å². The van der Waals surface area contributed by atoms with E-state index in [1.165, 1.54) is 19.4 Å². The molecule has 154 valence electrons. The second-order valence-electron chi connectivity index (χ2n) is 6.43. The highest BCUT2D eigenvalue weighted by molar-refractivity contribution is 7.90. The summed E-state index contributed by atoms with van der Waals surface area (Å²) in [5, 5.41) is 2.97. The number of hydrogen-bond acceptors (Lipinski definition) is 9. The van der Waals surface area contributed by atoms with E-state index in [0.717, 1.165) is 11.8 Å². The maximum Gasteiger partial charge on any atom is 0.224 e. The fourth-order valence-corrected chi connectivity index (χ4v) is 3.31. The van der Waals surface area contributed by atoms with Crippen LogP contribution in [0.25, 0.3) is 0 Å². The van der Waals surface area contributed by atoms with Crippen LogP contribution in [0.15, 0.2) is 23.2 Å². The van der Waals surface area contributed by atoms with Crippen molar-refractivity contribution in [2.75, 3.05) is 44.7 Å². The van der Waals surface area contributed by atoms with Gasteiger partial charge in [-0.25, -0.2) is 13.4 Å². The monoisotopic (exact) mass is 410 g/mol. The van der Waals surface area contributed by atoms with Gasteiger partial charge in [0, 0.05) is 31.5 Å². The predicted molar refractivity (Wildman–Crippen MR) is 107 cm³/mol. The highest BCUT2D eigenvalue weighted by atomic mass is 32.2. The van der Waals surface area contributed by atoms with Crippen LogP contribution in [0, 0.1) is 0 Å². The molecule has 0 unspecified atom stereocenters. The molecule has 2 aromatic rings. The van der Waals surface area contributed by atoms with Crippen molar-refractivity contribution >= 4 is 21.6 Å². The summed E-state index contributed by atoms with van der Waals surface area (Å²) in [5.41, 5.74) is 6.76. The minimum absolute atomic E-state index is 0.0340. The van der Waals surface area contributed by atoms with Gasteiger partial charge in [-0.15, -0.1) is 0 Å². The number of sulfone groups is 1. The first kappa shape index (κ1) is 21.7. The summed E-state index contributed by atoms with van der Waals surface area (Å²) in [5.74, 6) is 1.37. The van der Waals surface area contributed by atoms with Crippen molar-refractivity contribution in [1.82, 2.24) is 9.97 Å². The van der Waals surface area contributed by atoms with E-state index in [1.807, 2.05) is 13.8 Å². The van der Waals surface area contributed by atoms with Gasteiger partial charge in [-0.05, 0) is 12.0 Å². The van der Waals surface area contributed by atoms with E-state index in [4.69, 9.17) is 19.9 Å². The average Bonchev–Trinajstić information content (AvgIpc) is 2.62. The number of methoxy groups -OCH3 is 2. The molecule has 0 fully saturated rings. The summed E-state index contributed by atoms with van der Waals surface area (Å²) < 4.78 is 40.4. The van der Waals surface area contributed by atoms with E-state index in [1.54, 1.807) is 13.2 Å². The Morgan fingerprint density at radius 1 is 1.18 bits per heavy atom. The van der Waals surface area contributed by atoms with Crippen LogP contribution in [-0.4, -0.2) is 52.0 Å². The van der Waals surface area contributed by atoms with Crippen LogP contribution in [0.5, 0.6) is 17.2 Å². The van der Waals surface area contributed by atoms with Gasteiger partial charge < -0.3 is 25.3 Å². The Morgan fingerprint density at radius 3 is 2.43 bits per heavy atom. The van der Waals surface area contributed by atoms with Crippen molar-refractivity contribution < 1.29 is 22.6 Å². The molecule has 1 heterocycles. The van der Waals surface area contributed by atoms with Crippen molar-refractivity contribution in [1.29, 1.82) is 0 Å². The fraction of sp³-hybridized carbons (Fsp3) is 0.444. The van der Waals surface area contributed by atoms with Gasteiger partial charge in [0.1, 0.15) is 16.4 Å². The van der Waals surface area contributed by atoms with Crippen molar-refractivity contribution in [2.45, 2.75) is 24.7 Å². The molecule has 0 saturated heterocycles. The van der Waals surface area contributed by atoms with Crippen LogP contribution in [0.3, 0.4) is 0 Å². The molecule has 0 aliphatic carbocycles. The molecule has 2 rings (SSSR count). The predicted octanol–water partition coefficient (Wildman–Crippen LogP) is 2.44. The molecule has 0 amide bonds. The second kappa shape index (κ2) is 9.07. The van der Waals surface area contributed by atoms with Crippen LogP contribution >= 0.6 is 0 Å². The molecule has 28 heavy (non-hydrogen) atoms. The van der Waals surface area contributed by atoms with Gasteiger partial charge in [0.25, 0.3) is 0 Å². The topological polar surface area (TPSA) is 126 Å². The number of aromatic nitrogens is 2. The average molecular weight is 410 g/mol. The Balaban J connectivity index is 2.42. The number of nitrogens with one attached hydrogen (secondary N) is 1. The smallest absolute Gasteiger partial charge is 0.224 e. The number of hydrogen-bond donors (Lipinski definition) is 2. The number of rotatable bonds is 9. The third-order valence-electron chi connectivity index (χ3n) is 3.91. The third kappa shape index (κ3) is 5.23. The highest BCUT2D eigenvalue weighted by Crippen LogP contribution is 2.39. The number of nitrogens with two attached hydrogens (primary N) is 1. The Kier molecular flexibility index (Phi) is 7.03. The van der Waals surface area contributed by atoms with Crippen LogP contribution in [0.2, 0.25) is 0 Å². The number of anilines is 2. The summed E-state index contributed by atoms with van der Waals surface area (Å²) >= 11 is 0. The lowest BCUT2D eigenvalue weighted by molar-refractivity contribution is 0.210. The van der Waals surface area contributed by atoms with Crippen molar-refractivity contribution in [3.05, 3.63) is 23.9 Å². The van der Waals surface area contributed by atoms with E-state index in [9.17, 15) is 8.42 Å². The summed E-state index contributed by atoms with van der Waals surface area (Å²) in [7, 11) is -0.498. The van der Waals surface area contributed by atoms with Crippen LogP contribution in [-0.2, 0) is 14.6 Å². The minimum Gasteiger partial charge on any atom is -0.495 e. The summed E-state index contributed by atoms with van der Waals surface area (Å²) in [6.07, 6.45) is 2.55. The first-order valence-corrected chi connectivity index (χ1v) is 10.5. The normalized spacial score (nSPS) is 11.5. The SMILES string of the molecule is COCCNc1ncc(Oc2cc(S(C)(=O)=O)c(OC)cc2C(C)C)c(N)n1. The second-order valence-corrected chi connectivity index (χ2v) is 8.42. The Morgan fingerprint density at radius 2 is 1.89 bits per heavy atom. The van der Waals surface area contributed by atoms with Crippen molar-refractivity contribution in [3.8, 4) is 17.2 Å². The lowest BCUT2D eigenvalue weighted by atomic mass is 10.0. The molecule has 3 N–H and O–H groups in total. The molecule has 1 aromatic heterocycles. The number of benzene rings is 1. The molecular weight excluding hydrogens is 384 g/mol. The largest absolute Gasteiger partial charge is 0.495 e. The molecule has 0 bridgehead atoms. The summed E-state index contributed by atoms with van der Waals surface area (Å²) in [6, 6.07) is 3.10. The van der Waals surface area contributed by atoms with Crippen LogP contribution in [0.4, 0.5) is 11.8 Å². The molecule has 0 radical (unpaired) electrons. The van der Waals surface area contributed by atoms with Gasteiger partial charge in [-0.3, -0.25) is 0 Å². The van der Waals surface area contributed by atoms with Crippen molar-refractivity contribution in [3.63, 3.8) is 0 Å². The zero-order valence-electron chi connectivity index (χ0n) is 16.6. The van der Waals surface area contributed by atoms with Crippen LogP contribution in [0.1, 0.15) is 25.3 Å². The first-order valence-electron chi connectivity index (χ1n) is 8.62. The lowest BCUT2D eigenvalue weighted by Gasteiger charge is -2.18. The van der Waals surface area contributed by atoms with Crippen LogP contribution < -0.4 is 20.5 Å². The van der Waals surface area contributed by atoms with E-state index >= 15 is 0 Å². The molecule has 0 aliphatic rings. The molecule has 0 saturated carbocycles. The number of nitrogens with zero attached hydrogens (tertiary/aromatic N) is 2. The van der Waals surface area contributed by atoms with Crippen molar-refractivity contribution in [2.24, 2.45) is 0 Å². The summed E-state index contributed by atoms with van der Waals surface area (Å²) in [6.45, 7) is 4.96.